The molecule has 5 nitrogen and oxygen atoms in total. The van der Waals surface area contributed by atoms with E-state index in [0.29, 0.717) is 5.56 Å². The first-order valence-corrected chi connectivity index (χ1v) is 7.56. The van der Waals surface area contributed by atoms with Crippen LogP contribution in [0.2, 0.25) is 0 Å². The Balaban J connectivity index is 2.07. The van der Waals surface area contributed by atoms with Crippen LogP contribution in [0.1, 0.15) is 43.6 Å². The van der Waals surface area contributed by atoms with E-state index in [1.165, 1.54) is 0 Å². The van der Waals surface area contributed by atoms with Crippen LogP contribution in [0, 0.1) is 0 Å². The number of rotatable bonds is 5. The molecule has 0 saturated carbocycles. The maximum atomic E-state index is 12.3. The minimum Gasteiger partial charge on any atom is -0.322 e. The second-order valence-electron chi connectivity index (χ2n) is 6.28. The molecule has 0 fully saturated rings. The number of carbonyl (C=O) groups excluding carboxylic acids is 1. The van der Waals surface area contributed by atoms with E-state index in [1.54, 1.807) is 17.1 Å². The average molecular weight is 300 g/mol. The molecule has 1 aromatic carbocycles. The molecule has 22 heavy (non-hydrogen) atoms. The Hall–Kier alpha value is -2.14. The zero-order valence-corrected chi connectivity index (χ0v) is 13.7. The first-order chi connectivity index (χ1) is 10.4. The van der Waals surface area contributed by atoms with Crippen molar-refractivity contribution < 1.29 is 4.79 Å². The summed E-state index contributed by atoms with van der Waals surface area (Å²) in [4.78, 5) is 12.3. The zero-order valence-electron chi connectivity index (χ0n) is 13.7. The van der Waals surface area contributed by atoms with Crippen molar-refractivity contribution in [2.24, 2.45) is 0 Å². The fourth-order valence-electron chi connectivity index (χ4n) is 2.04. The van der Waals surface area contributed by atoms with Crippen LogP contribution < -0.4 is 10.6 Å². The molecule has 118 valence electrons. The lowest BCUT2D eigenvalue weighted by Crippen LogP contribution is -2.22. The topological polar surface area (TPSA) is 58.9 Å². The molecule has 0 aliphatic heterocycles. The second-order valence-corrected chi connectivity index (χ2v) is 6.28. The van der Waals surface area contributed by atoms with Gasteiger partial charge in [-0.05, 0) is 45.0 Å². The van der Waals surface area contributed by atoms with E-state index in [0.717, 1.165) is 24.3 Å². The molecular weight excluding hydrogens is 276 g/mol. The lowest BCUT2D eigenvalue weighted by molar-refractivity contribution is 0.102. The van der Waals surface area contributed by atoms with Gasteiger partial charge in [0.1, 0.15) is 0 Å². The Morgan fingerprint density at radius 3 is 2.73 bits per heavy atom. The molecule has 0 saturated heterocycles. The zero-order chi connectivity index (χ0) is 16.2. The van der Waals surface area contributed by atoms with Gasteiger partial charge in [-0.2, -0.15) is 5.10 Å². The van der Waals surface area contributed by atoms with Crippen molar-refractivity contribution in [3.63, 3.8) is 0 Å². The number of benzene rings is 1. The summed E-state index contributed by atoms with van der Waals surface area (Å²) in [7, 11) is 0. The largest absolute Gasteiger partial charge is 0.322 e. The highest BCUT2D eigenvalue weighted by atomic mass is 16.1. The quantitative estimate of drug-likeness (QED) is 0.892. The van der Waals surface area contributed by atoms with Gasteiger partial charge in [0.15, 0.2) is 0 Å². The molecule has 2 N–H and O–H groups in total. The summed E-state index contributed by atoms with van der Waals surface area (Å²) in [5.74, 6) is -0.142. The van der Waals surface area contributed by atoms with Gasteiger partial charge in [-0.15, -0.1) is 0 Å². The SMILES string of the molecule is CCNCc1cccc(NC(=O)c2cnn(C(C)(C)C)c2)c1. The van der Waals surface area contributed by atoms with E-state index in [4.69, 9.17) is 0 Å². The number of hydrogen-bond donors (Lipinski definition) is 2. The molecule has 0 aliphatic carbocycles. The van der Waals surface area contributed by atoms with Gasteiger partial charge in [0.05, 0.1) is 17.3 Å². The van der Waals surface area contributed by atoms with Crippen molar-refractivity contribution >= 4 is 11.6 Å². The smallest absolute Gasteiger partial charge is 0.258 e. The van der Waals surface area contributed by atoms with Gasteiger partial charge in [-0.3, -0.25) is 9.48 Å². The first kappa shape index (κ1) is 16.2. The summed E-state index contributed by atoms with van der Waals surface area (Å²) in [6.45, 7) is 9.92. The standard InChI is InChI=1S/C17H24N4O/c1-5-18-10-13-7-6-8-15(9-13)20-16(22)14-11-19-21(12-14)17(2,3)4/h6-9,11-12,18H,5,10H2,1-4H3,(H,20,22). The molecule has 0 radical (unpaired) electrons. The van der Waals surface area contributed by atoms with Crippen LogP contribution >= 0.6 is 0 Å². The van der Waals surface area contributed by atoms with Gasteiger partial charge in [0, 0.05) is 18.4 Å². The summed E-state index contributed by atoms with van der Waals surface area (Å²) in [6.07, 6.45) is 3.38. The van der Waals surface area contributed by atoms with Crippen LogP contribution in [-0.2, 0) is 12.1 Å². The number of hydrogen-bond acceptors (Lipinski definition) is 3. The molecule has 2 aromatic rings. The Morgan fingerprint density at radius 1 is 1.32 bits per heavy atom. The minimum atomic E-state index is -0.142. The fourth-order valence-corrected chi connectivity index (χ4v) is 2.04. The average Bonchev–Trinajstić information content (AvgIpc) is 2.95. The number of anilines is 1. The number of aromatic nitrogens is 2. The van der Waals surface area contributed by atoms with Gasteiger partial charge < -0.3 is 10.6 Å². The molecule has 2 rings (SSSR count). The maximum Gasteiger partial charge on any atom is 0.258 e. The Morgan fingerprint density at radius 2 is 2.09 bits per heavy atom. The Kier molecular flexibility index (Phi) is 4.98. The highest BCUT2D eigenvalue weighted by Gasteiger charge is 2.16. The molecule has 1 heterocycles. The van der Waals surface area contributed by atoms with Crippen LogP contribution in [0.15, 0.2) is 36.7 Å². The number of carbonyl (C=O) groups is 1. The summed E-state index contributed by atoms with van der Waals surface area (Å²) >= 11 is 0. The molecule has 1 amide bonds. The third kappa shape index (κ3) is 4.18. The summed E-state index contributed by atoms with van der Waals surface area (Å²) in [5, 5.41) is 10.4. The summed E-state index contributed by atoms with van der Waals surface area (Å²) < 4.78 is 1.80. The lowest BCUT2D eigenvalue weighted by atomic mass is 10.1. The fraction of sp³-hybridized carbons (Fsp3) is 0.412. The van der Waals surface area contributed by atoms with Crippen molar-refractivity contribution in [1.82, 2.24) is 15.1 Å². The molecule has 0 aliphatic rings. The van der Waals surface area contributed by atoms with Gasteiger partial charge >= 0.3 is 0 Å². The third-order valence-corrected chi connectivity index (χ3v) is 3.30. The monoisotopic (exact) mass is 300 g/mol. The highest BCUT2D eigenvalue weighted by molar-refractivity contribution is 6.03. The van der Waals surface area contributed by atoms with E-state index in [-0.39, 0.29) is 11.4 Å². The minimum absolute atomic E-state index is 0.135. The predicted molar refractivity (Wildman–Crippen MR) is 89.0 cm³/mol. The van der Waals surface area contributed by atoms with Crippen LogP contribution in [0.3, 0.4) is 0 Å². The first-order valence-electron chi connectivity index (χ1n) is 7.56. The van der Waals surface area contributed by atoms with Gasteiger partial charge in [-0.25, -0.2) is 0 Å². The molecule has 0 spiro atoms. The molecule has 0 bridgehead atoms. The van der Waals surface area contributed by atoms with Gasteiger partial charge in [0.25, 0.3) is 5.91 Å². The Labute approximate surface area is 131 Å². The number of nitrogens with one attached hydrogen (secondary N) is 2. The van der Waals surface area contributed by atoms with E-state index < -0.39 is 0 Å². The van der Waals surface area contributed by atoms with Crippen LogP contribution in [-0.4, -0.2) is 22.2 Å². The van der Waals surface area contributed by atoms with Crippen molar-refractivity contribution in [2.45, 2.75) is 39.8 Å². The number of amides is 1. The van der Waals surface area contributed by atoms with Crippen molar-refractivity contribution in [1.29, 1.82) is 0 Å². The maximum absolute atomic E-state index is 12.3. The lowest BCUT2D eigenvalue weighted by Gasteiger charge is -2.18. The summed E-state index contributed by atoms with van der Waals surface area (Å²) in [5.41, 5.74) is 2.37. The van der Waals surface area contributed by atoms with E-state index in [1.807, 2.05) is 45.0 Å². The second kappa shape index (κ2) is 6.75. The van der Waals surface area contributed by atoms with E-state index >= 15 is 0 Å². The van der Waals surface area contributed by atoms with Crippen molar-refractivity contribution in [2.75, 3.05) is 11.9 Å². The predicted octanol–water partition coefficient (Wildman–Crippen LogP) is 3.00. The van der Waals surface area contributed by atoms with Crippen molar-refractivity contribution in [3.8, 4) is 0 Å². The molecule has 5 heteroatoms. The molecular formula is C17H24N4O. The van der Waals surface area contributed by atoms with Gasteiger partial charge in [0.2, 0.25) is 0 Å². The highest BCUT2D eigenvalue weighted by Crippen LogP contribution is 2.15. The van der Waals surface area contributed by atoms with E-state index in [9.17, 15) is 4.79 Å². The molecule has 0 atom stereocenters. The van der Waals surface area contributed by atoms with Crippen LogP contribution in [0.25, 0.3) is 0 Å². The normalized spacial score (nSPS) is 11.5. The van der Waals surface area contributed by atoms with Gasteiger partial charge in [-0.1, -0.05) is 19.1 Å². The van der Waals surface area contributed by atoms with Crippen molar-refractivity contribution in [3.05, 3.63) is 47.8 Å². The van der Waals surface area contributed by atoms with Crippen LogP contribution in [0.4, 0.5) is 5.69 Å². The molecule has 1 aromatic heterocycles. The number of nitrogens with zero attached hydrogens (tertiary/aromatic N) is 2. The third-order valence-electron chi connectivity index (χ3n) is 3.30. The Bertz CT molecular complexity index is 640. The van der Waals surface area contributed by atoms with E-state index in [2.05, 4.69) is 22.7 Å². The summed E-state index contributed by atoms with van der Waals surface area (Å²) in [6, 6.07) is 7.85. The van der Waals surface area contributed by atoms with Crippen LogP contribution in [0.5, 0.6) is 0 Å². The molecule has 0 unspecified atom stereocenters.